The summed E-state index contributed by atoms with van der Waals surface area (Å²) in [6.45, 7) is 4.00. The molecule has 0 bridgehead atoms. The minimum Gasteiger partial charge on any atom is -0.305 e. The minimum atomic E-state index is -0.425. The highest BCUT2D eigenvalue weighted by atomic mass is 35.5. The summed E-state index contributed by atoms with van der Waals surface area (Å²) in [7, 11) is 0. The van der Waals surface area contributed by atoms with Crippen LogP contribution in [0.25, 0.3) is 0 Å². The molecule has 2 aromatic heterocycles. The van der Waals surface area contributed by atoms with Gasteiger partial charge >= 0.3 is 5.69 Å². The van der Waals surface area contributed by atoms with Crippen LogP contribution in [0.1, 0.15) is 32.9 Å². The number of halogens is 2. The average Bonchev–Trinajstić information content (AvgIpc) is 3.34. The first-order chi connectivity index (χ1) is 16.2. The molecule has 0 saturated carbocycles. The summed E-state index contributed by atoms with van der Waals surface area (Å²) in [6.07, 6.45) is 1.73. The molecule has 0 unspecified atom stereocenters. The molecular formula is C23H20Cl2N6O3. The van der Waals surface area contributed by atoms with Crippen molar-refractivity contribution in [2.45, 2.75) is 26.9 Å². The molecule has 1 amide bonds. The van der Waals surface area contributed by atoms with E-state index in [-0.39, 0.29) is 11.6 Å². The van der Waals surface area contributed by atoms with Gasteiger partial charge in [-0.15, -0.1) is 0 Å². The summed E-state index contributed by atoms with van der Waals surface area (Å²) < 4.78 is 3.22. The van der Waals surface area contributed by atoms with E-state index in [4.69, 9.17) is 23.2 Å². The lowest BCUT2D eigenvalue weighted by Gasteiger charge is -2.07. The second-order valence-corrected chi connectivity index (χ2v) is 8.50. The van der Waals surface area contributed by atoms with Gasteiger partial charge in [0, 0.05) is 33.4 Å². The van der Waals surface area contributed by atoms with Gasteiger partial charge in [0.1, 0.15) is 11.4 Å². The average molecular weight is 499 g/mol. The van der Waals surface area contributed by atoms with Crippen molar-refractivity contribution in [2.24, 2.45) is 0 Å². The second kappa shape index (κ2) is 9.66. The molecule has 11 heteroatoms. The van der Waals surface area contributed by atoms with Gasteiger partial charge in [0.25, 0.3) is 5.91 Å². The van der Waals surface area contributed by atoms with Gasteiger partial charge in [-0.2, -0.15) is 10.2 Å². The van der Waals surface area contributed by atoms with Crippen molar-refractivity contribution in [3.8, 4) is 0 Å². The predicted octanol–water partition coefficient (Wildman–Crippen LogP) is 5.26. The lowest BCUT2D eigenvalue weighted by atomic mass is 10.1. The van der Waals surface area contributed by atoms with Crippen LogP contribution in [-0.4, -0.2) is 30.4 Å². The Bertz CT molecular complexity index is 1360. The number of rotatable bonds is 7. The van der Waals surface area contributed by atoms with Gasteiger partial charge in [-0.1, -0.05) is 41.4 Å². The number of hydrogen-bond acceptors (Lipinski definition) is 5. The van der Waals surface area contributed by atoms with Gasteiger partial charge in [0.2, 0.25) is 0 Å². The minimum absolute atomic E-state index is 0.0206. The number of nitrogens with zero attached hydrogens (tertiary/aromatic N) is 5. The molecule has 0 fully saturated rings. The lowest BCUT2D eigenvalue weighted by molar-refractivity contribution is -0.386. The first-order valence-electron chi connectivity index (χ1n) is 10.3. The van der Waals surface area contributed by atoms with Gasteiger partial charge < -0.3 is 5.32 Å². The zero-order valence-corrected chi connectivity index (χ0v) is 19.8. The largest absolute Gasteiger partial charge is 0.312 e. The van der Waals surface area contributed by atoms with Crippen molar-refractivity contribution < 1.29 is 9.72 Å². The summed E-state index contributed by atoms with van der Waals surface area (Å²) in [5, 5.41) is 23.7. The van der Waals surface area contributed by atoms with E-state index in [9.17, 15) is 14.9 Å². The van der Waals surface area contributed by atoms with Crippen LogP contribution in [0.4, 0.5) is 11.5 Å². The maximum atomic E-state index is 12.6. The Kier molecular flexibility index (Phi) is 6.67. The smallest absolute Gasteiger partial charge is 0.305 e. The maximum absolute atomic E-state index is 12.6. The molecule has 2 aromatic carbocycles. The van der Waals surface area contributed by atoms with Crippen LogP contribution >= 0.6 is 23.2 Å². The summed E-state index contributed by atoms with van der Waals surface area (Å²) in [5.74, 6) is 0.0848. The number of carbonyl (C=O) groups excluding carboxylic acids is 1. The van der Waals surface area contributed by atoms with Gasteiger partial charge in [-0.3, -0.25) is 24.3 Å². The van der Waals surface area contributed by atoms with E-state index < -0.39 is 4.92 Å². The third-order valence-corrected chi connectivity index (χ3v) is 6.05. The molecule has 9 nitrogen and oxygen atoms in total. The Morgan fingerprint density at radius 1 is 1.03 bits per heavy atom. The van der Waals surface area contributed by atoms with Gasteiger partial charge in [0.05, 0.1) is 18.0 Å². The standard InChI is InChI=1S/C23H20Cl2N6O3/c1-14-22(31(33)34)15(2)30(27-14)12-16-6-8-17(9-7-16)23(32)26-21-10-11-29(28-21)13-18-19(24)4-3-5-20(18)25/h3-11H,12-13H2,1-2H3,(H,26,28,32). The van der Waals surface area contributed by atoms with Crippen molar-refractivity contribution in [3.63, 3.8) is 0 Å². The molecule has 34 heavy (non-hydrogen) atoms. The van der Waals surface area contributed by atoms with E-state index >= 15 is 0 Å². The molecule has 0 spiro atoms. The van der Waals surface area contributed by atoms with Crippen molar-refractivity contribution in [2.75, 3.05) is 5.32 Å². The van der Waals surface area contributed by atoms with Gasteiger partial charge in [-0.05, 0) is 43.7 Å². The second-order valence-electron chi connectivity index (χ2n) is 7.68. The van der Waals surface area contributed by atoms with Crippen LogP contribution in [-0.2, 0) is 13.1 Å². The highest BCUT2D eigenvalue weighted by Crippen LogP contribution is 2.25. The number of aryl methyl sites for hydroxylation is 1. The monoisotopic (exact) mass is 498 g/mol. The van der Waals surface area contributed by atoms with Crippen LogP contribution < -0.4 is 5.32 Å². The summed E-state index contributed by atoms with van der Waals surface area (Å²) in [4.78, 5) is 23.4. The van der Waals surface area contributed by atoms with Crippen LogP contribution in [0.5, 0.6) is 0 Å². The number of carbonyl (C=O) groups is 1. The first kappa shape index (κ1) is 23.5. The van der Waals surface area contributed by atoms with Gasteiger partial charge in [-0.25, -0.2) is 0 Å². The Morgan fingerprint density at radius 3 is 2.32 bits per heavy atom. The molecular weight excluding hydrogens is 479 g/mol. The Labute approximate surface area is 205 Å². The molecule has 0 atom stereocenters. The van der Waals surface area contributed by atoms with E-state index in [0.717, 1.165) is 11.1 Å². The van der Waals surface area contributed by atoms with Gasteiger partial charge in [0.15, 0.2) is 5.82 Å². The van der Waals surface area contributed by atoms with E-state index in [0.29, 0.717) is 45.9 Å². The van der Waals surface area contributed by atoms with Crippen molar-refractivity contribution in [1.29, 1.82) is 0 Å². The lowest BCUT2D eigenvalue weighted by Crippen LogP contribution is -2.13. The fraction of sp³-hybridized carbons (Fsp3) is 0.174. The molecule has 4 aromatic rings. The molecule has 174 valence electrons. The summed E-state index contributed by atoms with van der Waals surface area (Å²) in [5.41, 5.74) is 2.93. The molecule has 0 radical (unpaired) electrons. The number of benzene rings is 2. The maximum Gasteiger partial charge on any atom is 0.312 e. The first-order valence-corrected chi connectivity index (χ1v) is 11.0. The quantitative estimate of drug-likeness (QED) is 0.276. The van der Waals surface area contributed by atoms with Crippen LogP contribution in [0, 0.1) is 24.0 Å². The fourth-order valence-corrected chi connectivity index (χ4v) is 4.11. The van der Waals surface area contributed by atoms with E-state index in [1.54, 1.807) is 77.9 Å². The number of amides is 1. The highest BCUT2D eigenvalue weighted by molar-refractivity contribution is 6.35. The zero-order chi connectivity index (χ0) is 24.4. The van der Waals surface area contributed by atoms with Crippen LogP contribution in [0.15, 0.2) is 54.7 Å². The SMILES string of the molecule is Cc1nn(Cc2ccc(C(=O)Nc3ccn(Cc4c(Cl)cccc4Cl)n3)cc2)c(C)c1[N+](=O)[O-]. The molecule has 0 aliphatic heterocycles. The normalized spacial score (nSPS) is 10.9. The fourth-order valence-electron chi connectivity index (χ4n) is 3.59. The van der Waals surface area contributed by atoms with E-state index in [1.807, 2.05) is 0 Å². The van der Waals surface area contributed by atoms with E-state index in [1.165, 1.54) is 0 Å². The Hall–Kier alpha value is -3.69. The topological polar surface area (TPSA) is 108 Å². The summed E-state index contributed by atoms with van der Waals surface area (Å²) >= 11 is 12.4. The predicted molar refractivity (Wildman–Crippen MR) is 130 cm³/mol. The zero-order valence-electron chi connectivity index (χ0n) is 18.3. The number of aromatic nitrogens is 4. The highest BCUT2D eigenvalue weighted by Gasteiger charge is 2.21. The Balaban J connectivity index is 1.41. The molecule has 0 saturated heterocycles. The van der Waals surface area contributed by atoms with Crippen molar-refractivity contribution in [3.05, 3.63) is 103 Å². The number of hydrogen-bond donors (Lipinski definition) is 1. The van der Waals surface area contributed by atoms with Crippen molar-refractivity contribution >= 4 is 40.6 Å². The number of nitrogens with one attached hydrogen (secondary N) is 1. The molecule has 0 aliphatic carbocycles. The third-order valence-electron chi connectivity index (χ3n) is 5.34. The van der Waals surface area contributed by atoms with Crippen LogP contribution in [0.3, 0.4) is 0 Å². The van der Waals surface area contributed by atoms with Crippen LogP contribution in [0.2, 0.25) is 10.0 Å². The Morgan fingerprint density at radius 2 is 1.71 bits per heavy atom. The molecule has 1 N–H and O–H groups in total. The third kappa shape index (κ3) is 4.95. The number of nitro groups is 1. The van der Waals surface area contributed by atoms with E-state index in [2.05, 4.69) is 15.5 Å². The molecule has 0 aliphatic rings. The number of anilines is 1. The molecule has 4 rings (SSSR count). The van der Waals surface area contributed by atoms with Crippen molar-refractivity contribution in [1.82, 2.24) is 19.6 Å². The summed E-state index contributed by atoms with van der Waals surface area (Å²) in [6, 6.07) is 13.9. The molecule has 2 heterocycles.